The van der Waals surface area contributed by atoms with E-state index < -0.39 is 10.2 Å². The molecular weight excluding hydrogens is 272 g/mol. The standard InChI is InChI=1S/C11H24N2O3S2/c1-11(2,17-3)9-12-18(15,16)13-6-4-5-10(7-13)8-14/h10,12,14H,4-9H2,1-3H3. The number of nitrogens with one attached hydrogen (secondary N) is 1. The van der Waals surface area contributed by atoms with E-state index in [0.29, 0.717) is 19.6 Å². The Morgan fingerprint density at radius 2 is 2.17 bits per heavy atom. The zero-order valence-corrected chi connectivity index (χ0v) is 13.0. The lowest BCUT2D eigenvalue weighted by molar-refractivity contribution is 0.164. The number of hydrogen-bond donors (Lipinski definition) is 2. The first-order valence-corrected chi connectivity index (χ1v) is 8.88. The molecular formula is C11H24N2O3S2. The van der Waals surface area contributed by atoms with Crippen molar-refractivity contribution in [2.24, 2.45) is 5.92 Å². The zero-order chi connectivity index (χ0) is 13.8. The number of aliphatic hydroxyl groups excluding tert-OH is 1. The highest BCUT2D eigenvalue weighted by Gasteiger charge is 2.29. The molecule has 0 bridgehead atoms. The van der Waals surface area contributed by atoms with E-state index in [2.05, 4.69) is 4.72 Å². The Kier molecular flexibility index (Phi) is 5.92. The summed E-state index contributed by atoms with van der Waals surface area (Å²) in [6.45, 7) is 5.45. The third-order valence-corrected chi connectivity index (χ3v) is 6.08. The number of aliphatic hydroxyl groups is 1. The molecule has 0 radical (unpaired) electrons. The monoisotopic (exact) mass is 296 g/mol. The average Bonchev–Trinajstić information content (AvgIpc) is 2.37. The lowest BCUT2D eigenvalue weighted by Crippen LogP contribution is -2.49. The van der Waals surface area contributed by atoms with Crippen LogP contribution in [-0.4, -0.2) is 55.1 Å². The summed E-state index contributed by atoms with van der Waals surface area (Å²) in [5, 5.41) is 9.13. The van der Waals surface area contributed by atoms with Gasteiger partial charge in [-0.15, -0.1) is 0 Å². The minimum atomic E-state index is -3.41. The van der Waals surface area contributed by atoms with Crippen LogP contribution in [-0.2, 0) is 10.2 Å². The van der Waals surface area contributed by atoms with Crippen molar-refractivity contribution < 1.29 is 13.5 Å². The van der Waals surface area contributed by atoms with Crippen LogP contribution in [0.4, 0.5) is 0 Å². The van der Waals surface area contributed by atoms with Gasteiger partial charge in [-0.25, -0.2) is 4.72 Å². The summed E-state index contributed by atoms with van der Waals surface area (Å²) in [6, 6.07) is 0. The van der Waals surface area contributed by atoms with E-state index in [1.54, 1.807) is 11.8 Å². The summed E-state index contributed by atoms with van der Waals surface area (Å²) in [4.78, 5) is 0. The van der Waals surface area contributed by atoms with Crippen LogP contribution in [0.15, 0.2) is 0 Å². The smallest absolute Gasteiger partial charge is 0.279 e. The maximum absolute atomic E-state index is 12.1. The second kappa shape index (κ2) is 6.56. The van der Waals surface area contributed by atoms with Crippen LogP contribution in [0.2, 0.25) is 0 Å². The highest BCUT2D eigenvalue weighted by Crippen LogP contribution is 2.21. The molecule has 0 aromatic rings. The Morgan fingerprint density at radius 1 is 1.50 bits per heavy atom. The fourth-order valence-electron chi connectivity index (χ4n) is 1.82. The predicted octanol–water partition coefficient (Wildman–Crippen LogP) is 0.667. The van der Waals surface area contributed by atoms with Gasteiger partial charge >= 0.3 is 0 Å². The Labute approximate surface area is 115 Å². The SMILES string of the molecule is CSC(C)(C)CNS(=O)(=O)N1CCCC(CO)C1. The molecule has 1 heterocycles. The molecule has 1 aliphatic heterocycles. The Bertz CT molecular complexity index is 357. The molecule has 1 saturated heterocycles. The molecule has 1 atom stereocenters. The number of thioether (sulfide) groups is 1. The van der Waals surface area contributed by atoms with Gasteiger partial charge in [0.05, 0.1) is 0 Å². The van der Waals surface area contributed by atoms with Gasteiger partial charge in [0.1, 0.15) is 0 Å². The molecule has 0 aromatic heterocycles. The van der Waals surface area contributed by atoms with Gasteiger partial charge in [0.25, 0.3) is 10.2 Å². The fourth-order valence-corrected chi connectivity index (χ4v) is 3.63. The molecule has 1 rings (SSSR count). The van der Waals surface area contributed by atoms with Gasteiger partial charge in [-0.1, -0.05) is 0 Å². The number of piperidine rings is 1. The van der Waals surface area contributed by atoms with E-state index in [1.807, 2.05) is 20.1 Å². The van der Waals surface area contributed by atoms with Gasteiger partial charge in [-0.2, -0.15) is 24.5 Å². The molecule has 1 fully saturated rings. The van der Waals surface area contributed by atoms with Crippen LogP contribution in [0.1, 0.15) is 26.7 Å². The van der Waals surface area contributed by atoms with Crippen molar-refractivity contribution in [2.45, 2.75) is 31.4 Å². The van der Waals surface area contributed by atoms with Crippen molar-refractivity contribution >= 4 is 22.0 Å². The molecule has 0 aromatic carbocycles. The first-order valence-electron chi connectivity index (χ1n) is 6.21. The topological polar surface area (TPSA) is 69.6 Å². The lowest BCUT2D eigenvalue weighted by atomic mass is 10.0. The zero-order valence-electron chi connectivity index (χ0n) is 11.3. The van der Waals surface area contributed by atoms with Crippen molar-refractivity contribution in [3.05, 3.63) is 0 Å². The van der Waals surface area contributed by atoms with Crippen LogP contribution >= 0.6 is 11.8 Å². The molecule has 2 N–H and O–H groups in total. The number of nitrogens with zero attached hydrogens (tertiary/aromatic N) is 1. The Hall–Kier alpha value is 0.180. The highest BCUT2D eigenvalue weighted by molar-refractivity contribution is 8.00. The molecule has 7 heteroatoms. The third kappa shape index (κ3) is 4.70. The minimum Gasteiger partial charge on any atom is -0.396 e. The second-order valence-corrected chi connectivity index (χ2v) is 8.61. The molecule has 1 unspecified atom stereocenters. The predicted molar refractivity (Wildman–Crippen MR) is 75.9 cm³/mol. The highest BCUT2D eigenvalue weighted by atomic mass is 32.2. The summed E-state index contributed by atoms with van der Waals surface area (Å²) >= 11 is 1.63. The van der Waals surface area contributed by atoms with E-state index in [-0.39, 0.29) is 17.3 Å². The number of rotatable bonds is 6. The van der Waals surface area contributed by atoms with Gasteiger partial charge in [0.15, 0.2) is 0 Å². The molecule has 0 aliphatic carbocycles. The molecule has 18 heavy (non-hydrogen) atoms. The van der Waals surface area contributed by atoms with E-state index in [0.717, 1.165) is 12.8 Å². The normalized spacial score (nSPS) is 23.2. The average molecular weight is 296 g/mol. The summed E-state index contributed by atoms with van der Waals surface area (Å²) in [6.07, 6.45) is 3.69. The molecule has 0 spiro atoms. The minimum absolute atomic E-state index is 0.0579. The lowest BCUT2D eigenvalue weighted by Gasteiger charge is -2.32. The summed E-state index contributed by atoms with van der Waals surface area (Å²) < 4.78 is 28.3. The first kappa shape index (κ1) is 16.2. The Morgan fingerprint density at radius 3 is 2.72 bits per heavy atom. The molecule has 108 valence electrons. The van der Waals surface area contributed by atoms with E-state index >= 15 is 0 Å². The van der Waals surface area contributed by atoms with Crippen molar-refractivity contribution in [2.75, 3.05) is 32.5 Å². The first-order chi connectivity index (χ1) is 8.30. The van der Waals surface area contributed by atoms with Crippen molar-refractivity contribution in [3.63, 3.8) is 0 Å². The molecule has 0 saturated carbocycles. The van der Waals surface area contributed by atoms with Gasteiger partial charge < -0.3 is 5.11 Å². The van der Waals surface area contributed by atoms with E-state index in [4.69, 9.17) is 5.11 Å². The van der Waals surface area contributed by atoms with Crippen LogP contribution in [0, 0.1) is 5.92 Å². The van der Waals surface area contributed by atoms with Crippen LogP contribution < -0.4 is 4.72 Å². The summed E-state index contributed by atoms with van der Waals surface area (Å²) in [5.41, 5.74) is 0. The van der Waals surface area contributed by atoms with E-state index in [1.165, 1.54) is 4.31 Å². The molecule has 5 nitrogen and oxygen atoms in total. The van der Waals surface area contributed by atoms with Gasteiger partial charge in [0, 0.05) is 31.0 Å². The van der Waals surface area contributed by atoms with Gasteiger partial charge in [-0.3, -0.25) is 0 Å². The quantitative estimate of drug-likeness (QED) is 0.756. The van der Waals surface area contributed by atoms with Crippen LogP contribution in [0.3, 0.4) is 0 Å². The van der Waals surface area contributed by atoms with Crippen molar-refractivity contribution in [3.8, 4) is 0 Å². The van der Waals surface area contributed by atoms with E-state index in [9.17, 15) is 8.42 Å². The second-order valence-electron chi connectivity index (χ2n) is 5.34. The summed E-state index contributed by atoms with van der Waals surface area (Å²) in [7, 11) is -3.41. The van der Waals surface area contributed by atoms with Crippen LogP contribution in [0.5, 0.6) is 0 Å². The van der Waals surface area contributed by atoms with Crippen LogP contribution in [0.25, 0.3) is 0 Å². The maximum atomic E-state index is 12.1. The Balaban J connectivity index is 2.58. The fraction of sp³-hybridized carbons (Fsp3) is 1.00. The third-order valence-electron chi connectivity index (χ3n) is 3.31. The van der Waals surface area contributed by atoms with Gasteiger partial charge in [-0.05, 0) is 38.9 Å². The van der Waals surface area contributed by atoms with Crippen molar-refractivity contribution in [1.82, 2.24) is 9.03 Å². The number of hydrogen-bond acceptors (Lipinski definition) is 4. The van der Waals surface area contributed by atoms with Gasteiger partial charge in [0.2, 0.25) is 0 Å². The maximum Gasteiger partial charge on any atom is 0.279 e. The molecule has 1 aliphatic rings. The largest absolute Gasteiger partial charge is 0.396 e. The van der Waals surface area contributed by atoms with Crippen molar-refractivity contribution in [1.29, 1.82) is 0 Å². The molecule has 0 amide bonds. The summed E-state index contributed by atoms with van der Waals surface area (Å²) in [5.74, 6) is 0.0730.